The van der Waals surface area contributed by atoms with Gasteiger partial charge in [0.1, 0.15) is 5.75 Å². The van der Waals surface area contributed by atoms with Crippen LogP contribution in [0, 0.1) is 5.92 Å². The topological polar surface area (TPSA) is 35.2 Å². The first kappa shape index (κ1) is 11.7. The standard InChI is InChI=1S/C13H16BrNO/c14-12-8-10(2-1-7-15)5-6-13(12)16-9-11-3-4-11/h1-2,5-6,8,11H,3-4,7,9,15H2/b2-1+. The maximum Gasteiger partial charge on any atom is 0.133 e. The zero-order valence-electron chi connectivity index (χ0n) is 9.16. The van der Waals surface area contributed by atoms with E-state index in [0.717, 1.165) is 28.3 Å². The van der Waals surface area contributed by atoms with E-state index in [9.17, 15) is 0 Å². The van der Waals surface area contributed by atoms with Crippen LogP contribution in [0.1, 0.15) is 18.4 Å². The lowest BCUT2D eigenvalue weighted by atomic mass is 10.2. The van der Waals surface area contributed by atoms with E-state index in [4.69, 9.17) is 10.5 Å². The fourth-order valence-corrected chi connectivity index (χ4v) is 1.95. The van der Waals surface area contributed by atoms with Gasteiger partial charge < -0.3 is 10.5 Å². The third-order valence-corrected chi connectivity index (χ3v) is 3.19. The number of hydrogen-bond donors (Lipinski definition) is 1. The van der Waals surface area contributed by atoms with E-state index in [0.29, 0.717) is 6.54 Å². The van der Waals surface area contributed by atoms with Crippen molar-refractivity contribution in [2.24, 2.45) is 11.7 Å². The second kappa shape index (κ2) is 5.51. The smallest absolute Gasteiger partial charge is 0.133 e. The van der Waals surface area contributed by atoms with E-state index in [2.05, 4.69) is 15.9 Å². The molecule has 2 rings (SSSR count). The molecule has 1 saturated carbocycles. The fourth-order valence-electron chi connectivity index (χ4n) is 1.43. The maximum atomic E-state index is 5.72. The molecule has 1 fully saturated rings. The summed E-state index contributed by atoms with van der Waals surface area (Å²) in [5, 5.41) is 0. The van der Waals surface area contributed by atoms with Crippen LogP contribution < -0.4 is 10.5 Å². The molecule has 16 heavy (non-hydrogen) atoms. The normalized spacial score (nSPS) is 15.6. The van der Waals surface area contributed by atoms with Gasteiger partial charge in [0.2, 0.25) is 0 Å². The highest BCUT2D eigenvalue weighted by Gasteiger charge is 2.22. The van der Waals surface area contributed by atoms with Crippen LogP contribution in [0.2, 0.25) is 0 Å². The number of nitrogens with two attached hydrogens (primary N) is 1. The third-order valence-electron chi connectivity index (χ3n) is 2.57. The largest absolute Gasteiger partial charge is 0.492 e. The number of benzene rings is 1. The molecule has 0 bridgehead atoms. The maximum absolute atomic E-state index is 5.72. The summed E-state index contributed by atoms with van der Waals surface area (Å²) in [5.74, 6) is 1.71. The molecule has 1 aromatic rings. The lowest BCUT2D eigenvalue weighted by Gasteiger charge is -2.07. The second-order valence-corrected chi connectivity index (χ2v) is 4.94. The van der Waals surface area contributed by atoms with Gasteiger partial charge in [0.15, 0.2) is 0 Å². The van der Waals surface area contributed by atoms with E-state index >= 15 is 0 Å². The van der Waals surface area contributed by atoms with Crippen LogP contribution in [0.15, 0.2) is 28.7 Å². The SMILES string of the molecule is NC/C=C/c1ccc(OCC2CC2)c(Br)c1. The Kier molecular flexibility index (Phi) is 4.02. The predicted molar refractivity (Wildman–Crippen MR) is 70.4 cm³/mol. The molecule has 0 aromatic heterocycles. The van der Waals surface area contributed by atoms with Crippen LogP contribution in [-0.2, 0) is 0 Å². The first-order chi connectivity index (χ1) is 7.79. The molecule has 2 nitrogen and oxygen atoms in total. The number of rotatable bonds is 5. The van der Waals surface area contributed by atoms with Gasteiger partial charge in [0.05, 0.1) is 11.1 Å². The van der Waals surface area contributed by atoms with Crippen LogP contribution in [0.5, 0.6) is 5.75 Å². The highest BCUT2D eigenvalue weighted by atomic mass is 79.9. The summed E-state index contributed by atoms with van der Waals surface area (Å²) < 4.78 is 6.73. The van der Waals surface area contributed by atoms with Crippen molar-refractivity contribution >= 4 is 22.0 Å². The quantitative estimate of drug-likeness (QED) is 0.900. The molecular formula is C13H16BrNO. The van der Waals surface area contributed by atoms with Crippen molar-refractivity contribution in [2.75, 3.05) is 13.2 Å². The molecule has 0 aliphatic heterocycles. The van der Waals surface area contributed by atoms with Gasteiger partial charge in [-0.1, -0.05) is 18.2 Å². The van der Waals surface area contributed by atoms with Crippen molar-refractivity contribution in [1.29, 1.82) is 0 Å². The molecule has 3 heteroatoms. The highest BCUT2D eigenvalue weighted by Crippen LogP contribution is 2.32. The molecule has 0 radical (unpaired) electrons. The summed E-state index contributed by atoms with van der Waals surface area (Å²) in [6.45, 7) is 1.41. The Balaban J connectivity index is 2.00. The lowest BCUT2D eigenvalue weighted by Crippen LogP contribution is -1.99. The molecular weight excluding hydrogens is 266 g/mol. The fraction of sp³-hybridized carbons (Fsp3) is 0.385. The van der Waals surface area contributed by atoms with Crippen LogP contribution in [0.25, 0.3) is 6.08 Å². The summed E-state index contributed by atoms with van der Waals surface area (Å²) in [7, 11) is 0. The van der Waals surface area contributed by atoms with Gasteiger partial charge in [-0.05, 0) is 52.4 Å². The minimum absolute atomic E-state index is 0.567. The van der Waals surface area contributed by atoms with Gasteiger partial charge in [-0.15, -0.1) is 0 Å². The Morgan fingerprint density at radius 3 is 2.88 bits per heavy atom. The van der Waals surface area contributed by atoms with E-state index in [1.807, 2.05) is 30.4 Å². The van der Waals surface area contributed by atoms with Crippen LogP contribution in [0.4, 0.5) is 0 Å². The van der Waals surface area contributed by atoms with Gasteiger partial charge in [-0.2, -0.15) is 0 Å². The second-order valence-electron chi connectivity index (χ2n) is 4.08. The number of ether oxygens (including phenoxy) is 1. The van der Waals surface area contributed by atoms with E-state index in [1.165, 1.54) is 12.8 Å². The summed E-state index contributed by atoms with van der Waals surface area (Å²) >= 11 is 3.52. The summed E-state index contributed by atoms with van der Waals surface area (Å²) in [6.07, 6.45) is 6.58. The highest BCUT2D eigenvalue weighted by molar-refractivity contribution is 9.10. The molecule has 1 aromatic carbocycles. The summed E-state index contributed by atoms with van der Waals surface area (Å²) in [4.78, 5) is 0. The Bertz CT molecular complexity index is 386. The van der Waals surface area contributed by atoms with Crippen molar-refractivity contribution in [3.05, 3.63) is 34.3 Å². The summed E-state index contributed by atoms with van der Waals surface area (Å²) in [5.41, 5.74) is 6.54. The predicted octanol–water partition coefficient (Wildman–Crippen LogP) is 3.21. The molecule has 2 N–H and O–H groups in total. The minimum atomic E-state index is 0.567. The molecule has 0 heterocycles. The third kappa shape index (κ3) is 3.35. The zero-order chi connectivity index (χ0) is 11.4. The Morgan fingerprint density at radius 1 is 1.44 bits per heavy atom. The van der Waals surface area contributed by atoms with E-state index < -0.39 is 0 Å². The molecule has 86 valence electrons. The first-order valence-electron chi connectivity index (χ1n) is 5.58. The Labute approximate surface area is 105 Å². The lowest BCUT2D eigenvalue weighted by molar-refractivity contribution is 0.298. The average Bonchev–Trinajstić information content (AvgIpc) is 3.09. The molecule has 0 saturated heterocycles. The van der Waals surface area contributed by atoms with Crippen LogP contribution >= 0.6 is 15.9 Å². The molecule has 0 spiro atoms. The average molecular weight is 282 g/mol. The van der Waals surface area contributed by atoms with Crippen molar-refractivity contribution in [3.63, 3.8) is 0 Å². The summed E-state index contributed by atoms with van der Waals surface area (Å²) in [6, 6.07) is 6.09. The van der Waals surface area contributed by atoms with Crippen molar-refractivity contribution in [2.45, 2.75) is 12.8 Å². The molecule has 1 aliphatic rings. The Hall–Kier alpha value is -0.800. The van der Waals surface area contributed by atoms with Gasteiger partial charge in [0, 0.05) is 6.54 Å². The van der Waals surface area contributed by atoms with E-state index in [1.54, 1.807) is 0 Å². The van der Waals surface area contributed by atoms with Gasteiger partial charge in [0.25, 0.3) is 0 Å². The number of halogens is 1. The zero-order valence-corrected chi connectivity index (χ0v) is 10.7. The molecule has 0 amide bonds. The minimum Gasteiger partial charge on any atom is -0.492 e. The van der Waals surface area contributed by atoms with Crippen molar-refractivity contribution in [3.8, 4) is 5.75 Å². The van der Waals surface area contributed by atoms with E-state index in [-0.39, 0.29) is 0 Å². The molecule has 0 unspecified atom stereocenters. The molecule has 1 aliphatic carbocycles. The Morgan fingerprint density at radius 2 is 2.25 bits per heavy atom. The first-order valence-corrected chi connectivity index (χ1v) is 6.38. The molecule has 0 atom stereocenters. The van der Waals surface area contributed by atoms with Crippen LogP contribution in [0.3, 0.4) is 0 Å². The van der Waals surface area contributed by atoms with Gasteiger partial charge in [-0.3, -0.25) is 0 Å². The monoisotopic (exact) mass is 281 g/mol. The van der Waals surface area contributed by atoms with Crippen molar-refractivity contribution < 1.29 is 4.74 Å². The van der Waals surface area contributed by atoms with Gasteiger partial charge >= 0.3 is 0 Å². The van der Waals surface area contributed by atoms with Gasteiger partial charge in [-0.25, -0.2) is 0 Å². The van der Waals surface area contributed by atoms with Crippen molar-refractivity contribution in [1.82, 2.24) is 0 Å². The van der Waals surface area contributed by atoms with Crippen LogP contribution in [-0.4, -0.2) is 13.2 Å². The number of hydrogen-bond acceptors (Lipinski definition) is 2.